The Morgan fingerprint density at radius 2 is 2.17 bits per heavy atom. The zero-order valence-corrected chi connectivity index (χ0v) is 10.5. The van der Waals surface area contributed by atoms with E-state index >= 15 is 0 Å². The van der Waals surface area contributed by atoms with E-state index in [1.807, 2.05) is 35.0 Å². The summed E-state index contributed by atoms with van der Waals surface area (Å²) < 4.78 is 1.88. The van der Waals surface area contributed by atoms with Crippen molar-refractivity contribution in [1.82, 2.24) is 9.47 Å². The van der Waals surface area contributed by atoms with E-state index in [1.54, 1.807) is 4.90 Å². The van der Waals surface area contributed by atoms with Crippen molar-refractivity contribution in [2.24, 2.45) is 0 Å². The maximum atomic E-state index is 11.9. The van der Waals surface area contributed by atoms with Crippen LogP contribution in [-0.4, -0.2) is 39.7 Å². The van der Waals surface area contributed by atoms with Crippen LogP contribution in [0.15, 0.2) is 30.5 Å². The fourth-order valence-corrected chi connectivity index (χ4v) is 2.37. The molecule has 2 aromatic rings. The van der Waals surface area contributed by atoms with Crippen molar-refractivity contribution in [3.8, 4) is 0 Å². The van der Waals surface area contributed by atoms with Crippen molar-refractivity contribution in [3.05, 3.63) is 35.5 Å². The Kier molecular flexibility index (Phi) is 2.76. The van der Waals surface area contributed by atoms with E-state index in [9.17, 15) is 9.90 Å². The van der Waals surface area contributed by atoms with Gasteiger partial charge in [0.2, 0.25) is 5.91 Å². The van der Waals surface area contributed by atoms with Crippen LogP contribution in [0.5, 0.6) is 0 Å². The molecule has 1 N–H and O–H groups in total. The number of rotatable bonds is 2. The third-order valence-electron chi connectivity index (χ3n) is 3.26. The van der Waals surface area contributed by atoms with Gasteiger partial charge in [-0.2, -0.15) is 0 Å². The van der Waals surface area contributed by atoms with E-state index in [-0.39, 0.29) is 18.6 Å². The van der Waals surface area contributed by atoms with Gasteiger partial charge < -0.3 is 14.6 Å². The van der Waals surface area contributed by atoms with Gasteiger partial charge in [0.05, 0.1) is 6.10 Å². The Hall–Kier alpha value is -1.52. The molecule has 4 nitrogen and oxygen atoms in total. The van der Waals surface area contributed by atoms with E-state index in [1.165, 1.54) is 0 Å². The molecular weight excluding hydrogens is 252 g/mol. The van der Waals surface area contributed by atoms with E-state index < -0.39 is 0 Å². The minimum Gasteiger partial charge on any atom is -0.389 e. The van der Waals surface area contributed by atoms with Gasteiger partial charge >= 0.3 is 0 Å². The fraction of sp³-hybridized carbons (Fsp3) is 0.308. The van der Waals surface area contributed by atoms with Crippen LogP contribution in [-0.2, 0) is 11.3 Å². The first-order valence-corrected chi connectivity index (χ1v) is 6.21. The first-order chi connectivity index (χ1) is 8.63. The topological polar surface area (TPSA) is 45.5 Å². The molecule has 0 radical (unpaired) electrons. The molecule has 1 saturated heterocycles. The first-order valence-electron chi connectivity index (χ1n) is 5.84. The van der Waals surface area contributed by atoms with Crippen molar-refractivity contribution in [3.63, 3.8) is 0 Å². The number of aliphatic hydroxyl groups excluding tert-OH is 1. The number of amides is 1. The highest BCUT2D eigenvalue weighted by Crippen LogP contribution is 2.21. The van der Waals surface area contributed by atoms with Gasteiger partial charge in [0.15, 0.2) is 0 Å². The zero-order chi connectivity index (χ0) is 12.7. The summed E-state index contributed by atoms with van der Waals surface area (Å²) in [4.78, 5) is 13.6. The number of likely N-dealkylation sites (tertiary alicyclic amines) is 1. The number of halogens is 1. The highest BCUT2D eigenvalue weighted by Gasteiger charge is 2.28. The molecule has 1 aliphatic rings. The molecule has 0 atom stereocenters. The van der Waals surface area contributed by atoms with Crippen LogP contribution in [0.2, 0.25) is 5.02 Å². The molecule has 0 unspecified atom stereocenters. The van der Waals surface area contributed by atoms with E-state index in [0.717, 1.165) is 10.9 Å². The van der Waals surface area contributed by atoms with Crippen LogP contribution < -0.4 is 0 Å². The van der Waals surface area contributed by atoms with Gasteiger partial charge in [-0.15, -0.1) is 0 Å². The Labute approximate surface area is 109 Å². The standard InChI is InChI=1S/C13H13ClN2O2/c14-10-2-1-9-3-4-15(12(9)5-10)8-13(18)16-6-11(17)7-16/h1-5,11,17H,6-8H2. The van der Waals surface area contributed by atoms with Gasteiger partial charge in [-0.05, 0) is 23.6 Å². The van der Waals surface area contributed by atoms with Crippen LogP contribution in [0.1, 0.15) is 0 Å². The summed E-state index contributed by atoms with van der Waals surface area (Å²) in [5.74, 6) is 0.0257. The van der Waals surface area contributed by atoms with Crippen molar-refractivity contribution in [2.75, 3.05) is 13.1 Å². The third kappa shape index (κ3) is 1.98. The van der Waals surface area contributed by atoms with Crippen molar-refractivity contribution in [1.29, 1.82) is 0 Å². The van der Waals surface area contributed by atoms with Gasteiger partial charge in [-0.25, -0.2) is 0 Å². The highest BCUT2D eigenvalue weighted by molar-refractivity contribution is 6.31. The van der Waals surface area contributed by atoms with E-state index in [4.69, 9.17) is 11.6 Å². The van der Waals surface area contributed by atoms with Crippen LogP contribution in [0.4, 0.5) is 0 Å². The normalized spacial score (nSPS) is 16.0. The second kappa shape index (κ2) is 4.30. The maximum absolute atomic E-state index is 11.9. The minimum absolute atomic E-state index is 0.0257. The van der Waals surface area contributed by atoms with Crippen molar-refractivity contribution >= 4 is 28.4 Å². The summed E-state index contributed by atoms with van der Waals surface area (Å²) in [6, 6.07) is 7.59. The number of fused-ring (bicyclic) bond motifs is 1. The van der Waals surface area contributed by atoms with Gasteiger partial charge in [0.1, 0.15) is 6.54 Å². The molecule has 0 spiro atoms. The Balaban J connectivity index is 1.82. The molecule has 2 heterocycles. The molecule has 1 fully saturated rings. The molecule has 0 saturated carbocycles. The van der Waals surface area contributed by atoms with Crippen molar-refractivity contribution < 1.29 is 9.90 Å². The summed E-state index contributed by atoms with van der Waals surface area (Å²) >= 11 is 5.96. The van der Waals surface area contributed by atoms with Crippen LogP contribution in [0.25, 0.3) is 10.9 Å². The number of aromatic nitrogens is 1. The average molecular weight is 265 g/mol. The average Bonchev–Trinajstić information content (AvgIpc) is 2.68. The monoisotopic (exact) mass is 264 g/mol. The molecule has 1 amide bonds. The number of aliphatic hydroxyl groups is 1. The Bertz CT molecular complexity index is 602. The third-order valence-corrected chi connectivity index (χ3v) is 3.49. The predicted octanol–water partition coefficient (Wildman–Crippen LogP) is 1.50. The lowest BCUT2D eigenvalue weighted by molar-refractivity contribution is -0.141. The lowest BCUT2D eigenvalue weighted by Gasteiger charge is -2.36. The molecule has 1 aromatic carbocycles. The van der Waals surface area contributed by atoms with Gasteiger partial charge in [-0.3, -0.25) is 4.79 Å². The van der Waals surface area contributed by atoms with Crippen LogP contribution in [0, 0.1) is 0 Å². The van der Waals surface area contributed by atoms with Crippen LogP contribution in [0.3, 0.4) is 0 Å². The quantitative estimate of drug-likeness (QED) is 0.893. The summed E-state index contributed by atoms with van der Waals surface area (Å²) in [7, 11) is 0. The smallest absolute Gasteiger partial charge is 0.242 e. The molecule has 1 aliphatic heterocycles. The minimum atomic E-state index is -0.357. The van der Waals surface area contributed by atoms with Gasteiger partial charge in [-0.1, -0.05) is 17.7 Å². The molecule has 18 heavy (non-hydrogen) atoms. The lowest BCUT2D eigenvalue weighted by atomic mass is 10.2. The molecular formula is C13H13ClN2O2. The van der Waals surface area contributed by atoms with Crippen molar-refractivity contribution in [2.45, 2.75) is 12.6 Å². The summed E-state index contributed by atoms with van der Waals surface area (Å²) in [5, 5.41) is 10.9. The highest BCUT2D eigenvalue weighted by atomic mass is 35.5. The fourth-order valence-electron chi connectivity index (χ4n) is 2.20. The summed E-state index contributed by atoms with van der Waals surface area (Å²) in [5.41, 5.74) is 0.955. The number of nitrogens with zero attached hydrogens (tertiary/aromatic N) is 2. The Morgan fingerprint density at radius 3 is 2.89 bits per heavy atom. The number of hydrogen-bond donors (Lipinski definition) is 1. The van der Waals surface area contributed by atoms with Gasteiger partial charge in [0, 0.05) is 29.8 Å². The Morgan fingerprint density at radius 1 is 1.39 bits per heavy atom. The largest absolute Gasteiger partial charge is 0.389 e. The number of carbonyl (C=O) groups excluding carboxylic acids is 1. The van der Waals surface area contributed by atoms with E-state index in [0.29, 0.717) is 18.1 Å². The molecule has 0 aliphatic carbocycles. The lowest BCUT2D eigenvalue weighted by Crippen LogP contribution is -2.54. The molecule has 5 heteroatoms. The number of hydrogen-bond acceptors (Lipinski definition) is 2. The first kappa shape index (κ1) is 11.6. The summed E-state index contributed by atoms with van der Waals surface area (Å²) in [6.07, 6.45) is 1.53. The number of benzene rings is 1. The molecule has 94 valence electrons. The number of β-amino-alcohol motifs (C(OH)–C–C–N with tert-alkyl or cyclic N) is 1. The maximum Gasteiger partial charge on any atom is 0.242 e. The second-order valence-electron chi connectivity index (χ2n) is 4.60. The number of carbonyl (C=O) groups is 1. The zero-order valence-electron chi connectivity index (χ0n) is 9.71. The predicted molar refractivity (Wildman–Crippen MR) is 69.5 cm³/mol. The molecule has 1 aromatic heterocycles. The van der Waals surface area contributed by atoms with Gasteiger partial charge in [0.25, 0.3) is 0 Å². The molecule has 0 bridgehead atoms. The van der Waals surface area contributed by atoms with Crippen LogP contribution >= 0.6 is 11.6 Å². The second-order valence-corrected chi connectivity index (χ2v) is 5.04. The molecule has 3 rings (SSSR count). The SMILES string of the molecule is O=C(Cn1ccc2ccc(Cl)cc21)N1CC(O)C1. The van der Waals surface area contributed by atoms with E-state index in [2.05, 4.69) is 0 Å². The summed E-state index contributed by atoms with van der Waals surface area (Å²) in [6.45, 7) is 1.17.